The molecule has 16 nitrogen and oxygen atoms in total. The number of alkyl carbamates (subject to hydrolysis) is 2. The Labute approximate surface area is 419 Å². The van der Waals surface area contributed by atoms with Gasteiger partial charge in [-0.3, -0.25) is 19.2 Å². The molecule has 0 aromatic rings. The van der Waals surface area contributed by atoms with Crippen molar-refractivity contribution in [1.29, 1.82) is 0 Å². The Morgan fingerprint density at radius 2 is 0.929 bits per heavy atom. The molecule has 10 atom stereocenters. The number of fused-ring (bicyclic) bond motifs is 6. The van der Waals surface area contributed by atoms with Crippen molar-refractivity contribution in [3.05, 3.63) is 0 Å². The number of rotatable bonds is 4. The minimum Gasteiger partial charge on any atom is -0.444 e. The van der Waals surface area contributed by atoms with Crippen molar-refractivity contribution in [3.63, 3.8) is 0 Å². The van der Waals surface area contributed by atoms with Gasteiger partial charge in [0.1, 0.15) is 41.7 Å². The second-order valence-electron chi connectivity index (χ2n) is 24.6. The van der Waals surface area contributed by atoms with Crippen LogP contribution < -0.4 is 21.3 Å². The molecule has 16 heteroatoms. The Hall–Kier alpha value is -3.95. The van der Waals surface area contributed by atoms with Crippen LogP contribution in [0.5, 0.6) is 0 Å². The fourth-order valence-electron chi connectivity index (χ4n) is 12.0. The van der Waals surface area contributed by atoms with E-state index in [9.17, 15) is 38.7 Å². The number of amides is 6. The van der Waals surface area contributed by atoms with Crippen molar-refractivity contribution in [2.24, 2.45) is 34.5 Å². The summed E-state index contributed by atoms with van der Waals surface area (Å²) in [6.07, 6.45) is 18.8. The zero-order valence-electron chi connectivity index (χ0n) is 44.6. The first-order valence-corrected chi connectivity index (χ1v) is 27.2. The maximum absolute atomic E-state index is 13.8. The zero-order valence-corrected chi connectivity index (χ0v) is 44.6. The van der Waals surface area contributed by atoms with Gasteiger partial charge in [-0.05, 0) is 102 Å². The number of piperidine rings is 2. The SMILES string of the molecule is CC(C)(C)OC(=O)N[C@H]1CCCCCCCCCC[C@@H](C=O)NC(=O)[C@@H]2[C@@H]3[C@H](CN2C1=O)C3(C)C.CC(C)(C)OC(=O)N[C@H]1CCCCCCCCCC[C@@H](CO)NC(=O)[C@@H]2[C@@H]3[C@H](CN2C1=O)C3(C)C. The molecule has 0 unspecified atom stereocenters. The summed E-state index contributed by atoms with van der Waals surface area (Å²) in [6, 6.07) is -3.49. The van der Waals surface area contributed by atoms with Gasteiger partial charge in [0.25, 0.3) is 0 Å². The highest BCUT2D eigenvalue weighted by Crippen LogP contribution is 2.66. The lowest BCUT2D eigenvalue weighted by Gasteiger charge is -2.34. The standard InChI is InChI=1S/C27H47N3O5.C27H45N3O5/c2*1-26(2,3)35-25(34)29-20-15-13-11-9-7-6-8-10-12-14-18(17-31)28-23(32)22-21-19(27(21,4)5)16-30(22)24(20)33/h18-22,31H,6-17H2,1-5H3,(H,28,32)(H,29,34);17-22H,6-16H2,1-5H3,(H,28,32)(H,29,34)/t2*18-,19-,20-,21-,22-/m00/s1. The minimum absolute atomic E-state index is 0.000338. The molecule has 6 rings (SSSR count). The molecule has 4 heterocycles. The van der Waals surface area contributed by atoms with Crippen molar-refractivity contribution in [2.45, 2.75) is 245 Å². The van der Waals surface area contributed by atoms with Gasteiger partial charge in [-0.1, -0.05) is 130 Å². The highest BCUT2D eigenvalue weighted by atomic mass is 16.6. The smallest absolute Gasteiger partial charge is 0.408 e. The molecule has 2 aliphatic carbocycles. The molecule has 0 aromatic heterocycles. The molecule has 6 amide bonds. The maximum atomic E-state index is 13.8. The predicted octanol–water partition coefficient (Wildman–Crippen LogP) is 7.72. The van der Waals surface area contributed by atoms with E-state index in [1.54, 1.807) is 51.3 Å². The first-order chi connectivity index (χ1) is 32.9. The normalized spacial score (nSPS) is 32.6. The molecule has 5 N–H and O–H groups in total. The number of nitrogens with zero attached hydrogens (tertiary/aromatic N) is 2. The van der Waals surface area contributed by atoms with Gasteiger partial charge >= 0.3 is 12.2 Å². The first-order valence-electron chi connectivity index (χ1n) is 27.2. The number of hydrogen-bond donors (Lipinski definition) is 5. The van der Waals surface area contributed by atoms with Crippen molar-refractivity contribution in [1.82, 2.24) is 31.1 Å². The van der Waals surface area contributed by atoms with Crippen molar-refractivity contribution >= 4 is 42.1 Å². The Morgan fingerprint density at radius 3 is 1.29 bits per heavy atom. The summed E-state index contributed by atoms with van der Waals surface area (Å²) in [4.78, 5) is 94.6. The van der Waals surface area contributed by atoms with Crippen LogP contribution in [0, 0.1) is 34.5 Å². The quantitative estimate of drug-likeness (QED) is 0.173. The minimum atomic E-state index is -0.738. The van der Waals surface area contributed by atoms with Gasteiger partial charge in [-0.15, -0.1) is 0 Å². The molecule has 398 valence electrons. The van der Waals surface area contributed by atoms with Gasteiger partial charge in [0.2, 0.25) is 23.6 Å². The van der Waals surface area contributed by atoms with E-state index in [2.05, 4.69) is 49.0 Å². The number of carbonyl (C=O) groups is 7. The average molecular weight is 985 g/mol. The summed E-state index contributed by atoms with van der Waals surface area (Å²) >= 11 is 0. The molecule has 6 aliphatic rings. The number of hydrogen-bond acceptors (Lipinski definition) is 10. The van der Waals surface area contributed by atoms with Crippen LogP contribution in [0.3, 0.4) is 0 Å². The van der Waals surface area contributed by atoms with Crippen LogP contribution in [-0.4, -0.2) is 124 Å². The Bertz CT molecular complexity index is 1810. The summed E-state index contributed by atoms with van der Waals surface area (Å²) in [5.74, 6) is -0.218. The van der Waals surface area contributed by atoms with Gasteiger partial charge in [0, 0.05) is 13.1 Å². The van der Waals surface area contributed by atoms with Crippen molar-refractivity contribution in [3.8, 4) is 0 Å². The molecular formula is C54H92N6O10. The molecule has 70 heavy (non-hydrogen) atoms. The molecule has 0 spiro atoms. The zero-order chi connectivity index (χ0) is 51.6. The predicted molar refractivity (Wildman–Crippen MR) is 268 cm³/mol. The van der Waals surface area contributed by atoms with Crippen LogP contribution in [0.1, 0.15) is 198 Å². The molecule has 0 radical (unpaired) electrons. The number of aliphatic hydroxyl groups excluding tert-OH is 1. The number of ether oxygens (including phenoxy) is 2. The molecule has 4 aliphatic heterocycles. The topological polar surface area (TPSA) is 213 Å². The molecule has 4 saturated heterocycles. The third kappa shape index (κ3) is 15.5. The van der Waals surface area contributed by atoms with E-state index in [1.807, 2.05) is 0 Å². The lowest BCUT2D eigenvalue weighted by molar-refractivity contribution is -0.142. The molecule has 6 fully saturated rings. The monoisotopic (exact) mass is 985 g/mol. The van der Waals surface area contributed by atoms with E-state index >= 15 is 0 Å². The molecular weight excluding hydrogens is 893 g/mol. The third-order valence-corrected chi connectivity index (χ3v) is 16.1. The number of nitrogens with one attached hydrogen (secondary N) is 4. The van der Waals surface area contributed by atoms with Crippen molar-refractivity contribution < 1.29 is 48.1 Å². The fourth-order valence-corrected chi connectivity index (χ4v) is 12.0. The van der Waals surface area contributed by atoms with E-state index in [0.29, 0.717) is 32.4 Å². The number of carbonyl (C=O) groups excluding carboxylic acids is 7. The largest absolute Gasteiger partial charge is 0.444 e. The summed E-state index contributed by atoms with van der Waals surface area (Å²) < 4.78 is 10.9. The maximum Gasteiger partial charge on any atom is 0.408 e. The molecule has 2 saturated carbocycles. The lowest BCUT2D eigenvalue weighted by Crippen LogP contribution is -2.57. The van der Waals surface area contributed by atoms with Crippen LogP contribution in [0.4, 0.5) is 9.59 Å². The van der Waals surface area contributed by atoms with Gasteiger partial charge in [-0.25, -0.2) is 9.59 Å². The first kappa shape index (κ1) is 57.0. The van der Waals surface area contributed by atoms with E-state index < -0.39 is 53.6 Å². The Balaban J connectivity index is 0.000000261. The highest BCUT2D eigenvalue weighted by Gasteiger charge is 2.70. The van der Waals surface area contributed by atoms with Crippen LogP contribution in [-0.2, 0) is 33.4 Å². The van der Waals surface area contributed by atoms with Gasteiger partial charge in [0.05, 0.1) is 18.7 Å². The third-order valence-electron chi connectivity index (χ3n) is 16.1. The van der Waals surface area contributed by atoms with E-state index in [0.717, 1.165) is 109 Å². The molecule has 0 bridgehead atoms. The van der Waals surface area contributed by atoms with Crippen LogP contribution in [0.25, 0.3) is 0 Å². The van der Waals surface area contributed by atoms with Gasteiger partial charge in [-0.2, -0.15) is 0 Å². The second-order valence-corrected chi connectivity index (χ2v) is 24.6. The lowest BCUT2D eigenvalue weighted by atomic mass is 9.98. The van der Waals surface area contributed by atoms with E-state index in [4.69, 9.17) is 9.47 Å². The van der Waals surface area contributed by atoms with Gasteiger partial charge in [0.15, 0.2) is 0 Å². The van der Waals surface area contributed by atoms with E-state index in [1.165, 1.54) is 6.42 Å². The van der Waals surface area contributed by atoms with Gasteiger partial charge < -0.3 is 50.4 Å². The number of aldehydes is 1. The fraction of sp³-hybridized carbons (Fsp3) is 0.870. The average Bonchev–Trinajstić information content (AvgIpc) is 3.72. The summed E-state index contributed by atoms with van der Waals surface area (Å²) in [5, 5.41) is 21.4. The van der Waals surface area contributed by atoms with Crippen LogP contribution in [0.2, 0.25) is 0 Å². The summed E-state index contributed by atoms with van der Waals surface area (Å²) in [7, 11) is 0. The molecule has 0 aromatic carbocycles. The number of aliphatic hydroxyl groups is 1. The Morgan fingerprint density at radius 1 is 0.586 bits per heavy atom. The van der Waals surface area contributed by atoms with Crippen LogP contribution >= 0.6 is 0 Å². The van der Waals surface area contributed by atoms with Crippen LogP contribution in [0.15, 0.2) is 0 Å². The van der Waals surface area contributed by atoms with E-state index in [-0.39, 0.29) is 70.8 Å². The summed E-state index contributed by atoms with van der Waals surface area (Å²) in [6.45, 7) is 20.2. The second kappa shape index (κ2) is 24.6. The van der Waals surface area contributed by atoms with Crippen molar-refractivity contribution in [2.75, 3.05) is 19.7 Å². The Kier molecular flexibility index (Phi) is 20.1. The highest BCUT2D eigenvalue weighted by molar-refractivity contribution is 5.94. The summed E-state index contributed by atoms with van der Waals surface area (Å²) in [5.41, 5.74) is -1.36.